The zero-order valence-electron chi connectivity index (χ0n) is 17.2. The molecule has 0 aromatic heterocycles. The highest BCUT2D eigenvalue weighted by molar-refractivity contribution is 6.32. The van der Waals surface area contributed by atoms with Crippen LogP contribution < -0.4 is 20.1 Å². The van der Waals surface area contributed by atoms with Crippen LogP contribution in [0, 0.1) is 20.8 Å². The van der Waals surface area contributed by atoms with E-state index in [0.29, 0.717) is 22.1 Å². The molecule has 6 nitrogen and oxygen atoms in total. The maximum atomic E-state index is 12.2. The van der Waals surface area contributed by atoms with Crippen molar-refractivity contribution in [3.05, 3.63) is 57.6 Å². The minimum absolute atomic E-state index is 0.136. The molecule has 2 aromatic rings. The molecule has 2 amide bonds. The van der Waals surface area contributed by atoms with Gasteiger partial charge in [-0.05, 0) is 55.7 Å². The Kier molecular flexibility index (Phi) is 7.67. The fourth-order valence-corrected chi connectivity index (χ4v) is 3.29. The molecular weight excluding hydrogens is 392 g/mol. The van der Waals surface area contributed by atoms with Crippen molar-refractivity contribution in [2.45, 2.75) is 20.8 Å². The van der Waals surface area contributed by atoms with Crippen LogP contribution >= 0.6 is 11.6 Å². The number of hydrogen-bond donors (Lipinski definition) is 2. The van der Waals surface area contributed by atoms with E-state index in [0.717, 1.165) is 22.4 Å². The molecule has 7 heteroatoms. The first-order chi connectivity index (χ1) is 13.7. The fourth-order valence-electron chi connectivity index (χ4n) is 2.99. The van der Waals surface area contributed by atoms with Crippen LogP contribution in [0.15, 0.2) is 30.3 Å². The van der Waals surface area contributed by atoms with E-state index in [9.17, 15) is 9.59 Å². The van der Waals surface area contributed by atoms with Gasteiger partial charge in [0, 0.05) is 11.8 Å². The molecule has 0 radical (unpaired) electrons. The van der Waals surface area contributed by atoms with E-state index >= 15 is 0 Å². The zero-order chi connectivity index (χ0) is 21.6. The van der Waals surface area contributed by atoms with Crippen molar-refractivity contribution >= 4 is 35.2 Å². The summed E-state index contributed by atoms with van der Waals surface area (Å²) in [4.78, 5) is 24.2. The molecule has 0 aliphatic rings. The standard InChI is InChI=1S/C22H25ClN2O4/c1-13-8-14(2)21(15(3)9-13)25-20(27)12-24-19(26)7-6-16-10-17(23)22(29-5)18(11-16)28-4/h6-11H,12H2,1-5H3,(H,24,26)(H,25,27). The number of rotatable bonds is 7. The molecule has 0 saturated heterocycles. The maximum Gasteiger partial charge on any atom is 0.244 e. The number of halogens is 1. The average molecular weight is 417 g/mol. The van der Waals surface area contributed by atoms with Gasteiger partial charge in [0.1, 0.15) is 0 Å². The van der Waals surface area contributed by atoms with Gasteiger partial charge in [0.2, 0.25) is 11.8 Å². The van der Waals surface area contributed by atoms with Crippen LogP contribution in [-0.2, 0) is 9.59 Å². The van der Waals surface area contributed by atoms with Crippen molar-refractivity contribution in [1.29, 1.82) is 0 Å². The lowest BCUT2D eigenvalue weighted by Gasteiger charge is -2.13. The van der Waals surface area contributed by atoms with E-state index in [4.69, 9.17) is 21.1 Å². The predicted octanol–water partition coefficient (Wildman–Crippen LogP) is 4.05. The second kappa shape index (κ2) is 9.98. The molecule has 0 aliphatic heterocycles. The molecule has 2 rings (SSSR count). The summed E-state index contributed by atoms with van der Waals surface area (Å²) in [5.41, 5.74) is 4.52. The van der Waals surface area contributed by atoms with E-state index in [1.807, 2.05) is 32.9 Å². The Balaban J connectivity index is 1.96. The SMILES string of the molecule is COc1cc(C=CC(=O)NCC(=O)Nc2c(C)cc(C)cc2C)cc(Cl)c1OC. The molecule has 2 aromatic carbocycles. The number of amides is 2. The molecule has 0 bridgehead atoms. The predicted molar refractivity (Wildman–Crippen MR) is 116 cm³/mol. The van der Waals surface area contributed by atoms with Crippen LogP contribution in [0.3, 0.4) is 0 Å². The summed E-state index contributed by atoms with van der Waals surface area (Å²) in [6, 6.07) is 7.35. The van der Waals surface area contributed by atoms with E-state index in [1.165, 1.54) is 20.3 Å². The third-order valence-electron chi connectivity index (χ3n) is 4.25. The summed E-state index contributed by atoms with van der Waals surface area (Å²) in [5.74, 6) is 0.191. The van der Waals surface area contributed by atoms with Crippen molar-refractivity contribution in [3.8, 4) is 11.5 Å². The lowest BCUT2D eigenvalue weighted by atomic mass is 10.1. The van der Waals surface area contributed by atoms with Gasteiger partial charge in [-0.25, -0.2) is 0 Å². The number of carbonyl (C=O) groups excluding carboxylic acids is 2. The van der Waals surface area contributed by atoms with Crippen LogP contribution in [0.4, 0.5) is 5.69 Å². The van der Waals surface area contributed by atoms with Gasteiger partial charge in [0.25, 0.3) is 0 Å². The second-order valence-corrected chi connectivity index (χ2v) is 7.02. The van der Waals surface area contributed by atoms with Crippen molar-refractivity contribution in [3.63, 3.8) is 0 Å². The average Bonchev–Trinajstić information content (AvgIpc) is 2.66. The quantitative estimate of drug-likeness (QED) is 0.667. The van der Waals surface area contributed by atoms with Gasteiger partial charge in [-0.3, -0.25) is 9.59 Å². The van der Waals surface area contributed by atoms with Gasteiger partial charge in [-0.1, -0.05) is 29.3 Å². The second-order valence-electron chi connectivity index (χ2n) is 6.61. The highest BCUT2D eigenvalue weighted by atomic mass is 35.5. The van der Waals surface area contributed by atoms with Gasteiger partial charge < -0.3 is 20.1 Å². The number of carbonyl (C=O) groups is 2. The van der Waals surface area contributed by atoms with Crippen LogP contribution in [0.5, 0.6) is 11.5 Å². The molecule has 0 atom stereocenters. The third kappa shape index (κ3) is 5.99. The largest absolute Gasteiger partial charge is 0.493 e. The number of anilines is 1. The van der Waals surface area contributed by atoms with Crippen molar-refractivity contribution < 1.29 is 19.1 Å². The summed E-state index contributed by atoms with van der Waals surface area (Å²) >= 11 is 6.15. The molecule has 0 saturated carbocycles. The van der Waals surface area contributed by atoms with Gasteiger partial charge >= 0.3 is 0 Å². The molecular formula is C22H25ClN2O4. The summed E-state index contributed by atoms with van der Waals surface area (Å²) < 4.78 is 10.4. The minimum atomic E-state index is -0.400. The Morgan fingerprint density at radius 1 is 1.03 bits per heavy atom. The monoisotopic (exact) mass is 416 g/mol. The maximum absolute atomic E-state index is 12.2. The zero-order valence-corrected chi connectivity index (χ0v) is 17.9. The molecule has 29 heavy (non-hydrogen) atoms. The Hall–Kier alpha value is -2.99. The highest BCUT2D eigenvalue weighted by Gasteiger charge is 2.11. The number of aryl methyl sites for hydroxylation is 3. The van der Waals surface area contributed by atoms with E-state index in [1.54, 1.807) is 18.2 Å². The van der Waals surface area contributed by atoms with E-state index in [-0.39, 0.29) is 12.5 Å². The first-order valence-electron chi connectivity index (χ1n) is 9.00. The van der Waals surface area contributed by atoms with Crippen LogP contribution in [0.2, 0.25) is 5.02 Å². The lowest BCUT2D eigenvalue weighted by molar-refractivity contribution is -0.121. The molecule has 0 fully saturated rings. The molecule has 0 heterocycles. The molecule has 154 valence electrons. The fraction of sp³-hybridized carbons (Fsp3) is 0.273. The Labute approximate surface area is 175 Å². The third-order valence-corrected chi connectivity index (χ3v) is 4.53. The van der Waals surface area contributed by atoms with Gasteiger partial charge in [0.05, 0.1) is 25.8 Å². The molecule has 2 N–H and O–H groups in total. The van der Waals surface area contributed by atoms with Crippen LogP contribution in [0.25, 0.3) is 6.08 Å². The topological polar surface area (TPSA) is 76.7 Å². The number of methoxy groups -OCH3 is 2. The summed E-state index contributed by atoms with van der Waals surface area (Å²) in [5, 5.41) is 5.78. The number of hydrogen-bond acceptors (Lipinski definition) is 4. The van der Waals surface area contributed by atoms with Gasteiger partial charge in [-0.15, -0.1) is 0 Å². The normalized spacial score (nSPS) is 10.7. The van der Waals surface area contributed by atoms with Crippen molar-refractivity contribution in [2.75, 3.05) is 26.1 Å². The number of nitrogens with one attached hydrogen (secondary N) is 2. The van der Waals surface area contributed by atoms with Gasteiger partial charge in [-0.2, -0.15) is 0 Å². The first kappa shape index (κ1) is 22.3. The summed E-state index contributed by atoms with van der Waals surface area (Å²) in [7, 11) is 3.00. The molecule has 0 unspecified atom stereocenters. The van der Waals surface area contributed by atoms with Crippen LogP contribution in [-0.4, -0.2) is 32.6 Å². The Bertz CT molecular complexity index is 931. The number of ether oxygens (including phenoxy) is 2. The van der Waals surface area contributed by atoms with Crippen LogP contribution in [0.1, 0.15) is 22.3 Å². The number of benzene rings is 2. The minimum Gasteiger partial charge on any atom is -0.493 e. The molecule has 0 spiro atoms. The van der Waals surface area contributed by atoms with E-state index in [2.05, 4.69) is 10.6 Å². The highest BCUT2D eigenvalue weighted by Crippen LogP contribution is 2.36. The summed E-state index contributed by atoms with van der Waals surface area (Å²) in [6.45, 7) is 5.74. The van der Waals surface area contributed by atoms with Crippen molar-refractivity contribution in [1.82, 2.24) is 5.32 Å². The Morgan fingerprint density at radius 2 is 1.69 bits per heavy atom. The van der Waals surface area contributed by atoms with E-state index < -0.39 is 5.91 Å². The smallest absolute Gasteiger partial charge is 0.244 e. The van der Waals surface area contributed by atoms with Gasteiger partial charge in [0.15, 0.2) is 11.5 Å². The Morgan fingerprint density at radius 3 is 2.28 bits per heavy atom. The molecule has 0 aliphatic carbocycles. The first-order valence-corrected chi connectivity index (χ1v) is 9.38. The van der Waals surface area contributed by atoms with Crippen molar-refractivity contribution in [2.24, 2.45) is 0 Å². The lowest BCUT2D eigenvalue weighted by Crippen LogP contribution is -2.32. The summed E-state index contributed by atoms with van der Waals surface area (Å²) in [6.07, 6.45) is 2.91.